The van der Waals surface area contributed by atoms with E-state index in [9.17, 15) is 9.59 Å². The van der Waals surface area contributed by atoms with Gasteiger partial charge < -0.3 is 15.5 Å². The Balaban J connectivity index is 2.67. The average Bonchev–Trinajstić information content (AvgIpc) is 2.40. The quantitative estimate of drug-likeness (QED) is 0.544. The maximum Gasteiger partial charge on any atom is 0.326 e. The van der Waals surface area contributed by atoms with E-state index < -0.39 is 17.9 Å². The number of nitrogens with one attached hydrogen (secondary N) is 1. The number of phenolic OH excluding ortho intramolecular Hbond substituents is 1. The first-order valence-electron chi connectivity index (χ1n) is 6.13. The van der Waals surface area contributed by atoms with Crippen LogP contribution in [-0.4, -0.2) is 28.1 Å². The zero-order chi connectivity index (χ0) is 15.0. The molecule has 0 radical (unpaired) electrons. The number of rotatable bonds is 6. The number of carboxylic acids is 1. The molecule has 0 saturated carbocycles. The molecule has 5 heteroatoms. The summed E-state index contributed by atoms with van der Waals surface area (Å²) in [5.74, 6) is -1.46. The molecule has 1 atom stereocenters. The molecule has 1 amide bonds. The van der Waals surface area contributed by atoms with E-state index in [1.807, 2.05) is 6.92 Å². The maximum absolute atomic E-state index is 11.5. The summed E-state index contributed by atoms with van der Waals surface area (Å²) in [4.78, 5) is 22.7. The third-order valence-electron chi connectivity index (χ3n) is 2.54. The van der Waals surface area contributed by atoms with Gasteiger partial charge in [-0.2, -0.15) is 0 Å². The van der Waals surface area contributed by atoms with Crippen LogP contribution in [0, 0.1) is 0 Å². The fourth-order valence-electron chi connectivity index (χ4n) is 1.54. The van der Waals surface area contributed by atoms with Gasteiger partial charge in [0.2, 0.25) is 5.91 Å². The van der Waals surface area contributed by atoms with Gasteiger partial charge in [0, 0.05) is 12.5 Å². The van der Waals surface area contributed by atoms with Crippen molar-refractivity contribution in [2.45, 2.75) is 19.4 Å². The highest BCUT2D eigenvalue weighted by atomic mass is 16.4. The van der Waals surface area contributed by atoms with E-state index in [0.29, 0.717) is 5.56 Å². The summed E-state index contributed by atoms with van der Waals surface area (Å²) in [5.41, 5.74) is 0.716. The third kappa shape index (κ3) is 5.39. The molecule has 5 nitrogen and oxygen atoms in total. The van der Waals surface area contributed by atoms with Gasteiger partial charge in [-0.1, -0.05) is 30.4 Å². The first-order valence-corrected chi connectivity index (χ1v) is 6.13. The predicted molar refractivity (Wildman–Crippen MR) is 75.3 cm³/mol. The summed E-state index contributed by atoms with van der Waals surface area (Å²) in [5, 5.41) is 20.7. The van der Waals surface area contributed by atoms with Crippen molar-refractivity contribution < 1.29 is 19.8 Å². The lowest BCUT2D eigenvalue weighted by molar-refractivity contribution is -0.141. The average molecular weight is 275 g/mol. The van der Waals surface area contributed by atoms with Crippen molar-refractivity contribution in [3.05, 3.63) is 54.1 Å². The second-order valence-electron chi connectivity index (χ2n) is 4.15. The molecule has 0 aliphatic rings. The van der Waals surface area contributed by atoms with Crippen molar-refractivity contribution in [1.82, 2.24) is 5.32 Å². The number of amides is 1. The van der Waals surface area contributed by atoms with Crippen LogP contribution >= 0.6 is 0 Å². The highest BCUT2D eigenvalue weighted by molar-refractivity contribution is 5.91. The number of carboxylic acid groups (broad SMARTS) is 1. The smallest absolute Gasteiger partial charge is 0.326 e. The number of hydrogen-bond donors (Lipinski definition) is 3. The van der Waals surface area contributed by atoms with E-state index in [2.05, 4.69) is 5.32 Å². The molecule has 0 spiro atoms. The van der Waals surface area contributed by atoms with Crippen LogP contribution in [0.1, 0.15) is 12.5 Å². The Hall–Kier alpha value is -2.56. The zero-order valence-corrected chi connectivity index (χ0v) is 11.1. The number of allylic oxidation sites excluding steroid dienone is 3. The van der Waals surface area contributed by atoms with Crippen molar-refractivity contribution in [2.24, 2.45) is 0 Å². The standard InChI is InChI=1S/C15H17NO4/c1-2-3-4-5-14(18)16-13(15(19)20)10-11-6-8-12(17)9-7-11/h2-9,13,17H,10H2,1H3,(H,16,18)(H,19,20)/t13-/m0/s1. The predicted octanol–water partition coefficient (Wildman–Crippen LogP) is 1.64. The van der Waals surface area contributed by atoms with Crippen molar-refractivity contribution >= 4 is 11.9 Å². The lowest BCUT2D eigenvalue weighted by atomic mass is 10.1. The zero-order valence-electron chi connectivity index (χ0n) is 11.1. The fraction of sp³-hybridized carbons (Fsp3) is 0.200. The second-order valence-corrected chi connectivity index (χ2v) is 4.15. The molecule has 1 aromatic carbocycles. The Kier molecular flexibility index (Phi) is 6.03. The van der Waals surface area contributed by atoms with Crippen LogP contribution in [0.3, 0.4) is 0 Å². The molecule has 106 valence electrons. The van der Waals surface area contributed by atoms with Crippen molar-refractivity contribution in [1.29, 1.82) is 0 Å². The summed E-state index contributed by atoms with van der Waals surface area (Å²) in [6.07, 6.45) is 6.39. The summed E-state index contributed by atoms with van der Waals surface area (Å²) >= 11 is 0. The summed E-state index contributed by atoms with van der Waals surface area (Å²) in [7, 11) is 0. The molecule has 0 heterocycles. The molecule has 0 fully saturated rings. The number of hydrogen-bond acceptors (Lipinski definition) is 3. The minimum absolute atomic E-state index is 0.110. The Bertz CT molecular complexity index is 517. The highest BCUT2D eigenvalue weighted by Crippen LogP contribution is 2.11. The molecule has 1 aromatic rings. The van der Waals surface area contributed by atoms with Gasteiger partial charge >= 0.3 is 5.97 Å². The third-order valence-corrected chi connectivity index (χ3v) is 2.54. The van der Waals surface area contributed by atoms with Gasteiger partial charge in [0.25, 0.3) is 0 Å². The Labute approximate surface area is 117 Å². The minimum atomic E-state index is -1.11. The van der Waals surface area contributed by atoms with Crippen molar-refractivity contribution in [3.8, 4) is 5.75 Å². The molecule has 0 saturated heterocycles. The van der Waals surface area contributed by atoms with E-state index in [1.54, 1.807) is 24.3 Å². The molecule has 0 aliphatic carbocycles. The molecule has 0 bridgehead atoms. The maximum atomic E-state index is 11.5. The van der Waals surface area contributed by atoms with Gasteiger partial charge in [0.05, 0.1) is 0 Å². The van der Waals surface area contributed by atoms with E-state index in [4.69, 9.17) is 10.2 Å². The molecule has 0 aromatic heterocycles. The fourth-order valence-corrected chi connectivity index (χ4v) is 1.54. The number of benzene rings is 1. The van der Waals surface area contributed by atoms with Crippen LogP contribution in [0.5, 0.6) is 5.75 Å². The van der Waals surface area contributed by atoms with Crippen molar-refractivity contribution in [3.63, 3.8) is 0 Å². The summed E-state index contributed by atoms with van der Waals surface area (Å²) in [6.45, 7) is 1.81. The first-order chi connectivity index (χ1) is 9.52. The van der Waals surface area contributed by atoms with Gasteiger partial charge in [0.15, 0.2) is 0 Å². The number of aliphatic carboxylic acids is 1. The number of aromatic hydroxyl groups is 1. The molecular weight excluding hydrogens is 258 g/mol. The van der Waals surface area contributed by atoms with Gasteiger partial charge in [0.1, 0.15) is 11.8 Å². The van der Waals surface area contributed by atoms with Gasteiger partial charge in [-0.25, -0.2) is 4.79 Å². The minimum Gasteiger partial charge on any atom is -0.508 e. The molecule has 1 rings (SSSR count). The van der Waals surface area contributed by atoms with E-state index in [-0.39, 0.29) is 12.2 Å². The summed E-state index contributed by atoms with van der Waals surface area (Å²) < 4.78 is 0. The number of phenols is 1. The molecule has 0 unspecified atom stereocenters. The summed E-state index contributed by atoms with van der Waals surface area (Å²) in [6, 6.07) is 5.17. The number of carbonyl (C=O) groups excluding carboxylic acids is 1. The van der Waals surface area contributed by atoms with Gasteiger partial charge in [-0.3, -0.25) is 4.79 Å². The van der Waals surface area contributed by atoms with E-state index >= 15 is 0 Å². The van der Waals surface area contributed by atoms with Crippen LogP contribution in [0.2, 0.25) is 0 Å². The largest absolute Gasteiger partial charge is 0.508 e. The molecule has 3 N–H and O–H groups in total. The van der Waals surface area contributed by atoms with Crippen LogP contribution in [0.25, 0.3) is 0 Å². The Morgan fingerprint density at radius 3 is 2.45 bits per heavy atom. The Morgan fingerprint density at radius 2 is 1.90 bits per heavy atom. The first kappa shape index (κ1) is 15.5. The molecule has 0 aliphatic heterocycles. The van der Waals surface area contributed by atoms with Gasteiger partial charge in [-0.05, 0) is 24.6 Å². The van der Waals surface area contributed by atoms with Crippen molar-refractivity contribution in [2.75, 3.05) is 0 Å². The van der Waals surface area contributed by atoms with E-state index in [1.165, 1.54) is 24.3 Å². The van der Waals surface area contributed by atoms with Crippen LogP contribution < -0.4 is 5.32 Å². The van der Waals surface area contributed by atoms with Crippen LogP contribution in [0.4, 0.5) is 0 Å². The van der Waals surface area contributed by atoms with E-state index in [0.717, 1.165) is 0 Å². The molecule has 20 heavy (non-hydrogen) atoms. The van der Waals surface area contributed by atoms with Crippen LogP contribution in [-0.2, 0) is 16.0 Å². The second kappa shape index (κ2) is 7.78. The van der Waals surface area contributed by atoms with Gasteiger partial charge in [-0.15, -0.1) is 0 Å². The normalized spacial score (nSPS) is 12.7. The topological polar surface area (TPSA) is 86.6 Å². The lowest BCUT2D eigenvalue weighted by Crippen LogP contribution is -2.41. The van der Waals surface area contributed by atoms with Crippen LogP contribution in [0.15, 0.2) is 48.6 Å². The Morgan fingerprint density at radius 1 is 1.25 bits per heavy atom. The SMILES string of the molecule is CC=CC=CC(=O)N[C@@H](Cc1ccc(O)cc1)C(=O)O. The monoisotopic (exact) mass is 275 g/mol. The lowest BCUT2D eigenvalue weighted by Gasteiger charge is -2.13. The number of carbonyl (C=O) groups is 2. The molecular formula is C15H17NO4. The highest BCUT2D eigenvalue weighted by Gasteiger charge is 2.19.